The lowest BCUT2D eigenvalue weighted by molar-refractivity contribution is 0.669. The lowest BCUT2D eigenvalue weighted by Gasteiger charge is -2.17. The van der Waals surface area contributed by atoms with Crippen LogP contribution >= 0.6 is 0 Å². The summed E-state index contributed by atoms with van der Waals surface area (Å²) in [6, 6.07) is 39.8. The first kappa shape index (κ1) is 35.0. The number of aromatic nitrogens is 3. The van der Waals surface area contributed by atoms with Crippen LogP contribution < -0.4 is 38.2 Å². The summed E-state index contributed by atoms with van der Waals surface area (Å²) in [5.41, 5.74) is 9.04. The molecule has 3 aromatic heterocycles. The van der Waals surface area contributed by atoms with Crippen molar-refractivity contribution in [2.24, 2.45) is 0 Å². The van der Waals surface area contributed by atoms with Gasteiger partial charge in [-0.1, -0.05) is 131 Å². The van der Waals surface area contributed by atoms with Crippen LogP contribution in [0.5, 0.6) is 0 Å². The summed E-state index contributed by atoms with van der Waals surface area (Å²) in [6.45, 7) is 0. The van der Waals surface area contributed by atoms with E-state index in [1.54, 1.807) is 0 Å². The van der Waals surface area contributed by atoms with Gasteiger partial charge in [0.2, 0.25) is 0 Å². The fourth-order valence-electron chi connectivity index (χ4n) is 7.65. The Bertz CT molecular complexity index is 3250. The zero-order valence-electron chi connectivity index (χ0n) is 30.2. The first-order valence-corrected chi connectivity index (χ1v) is 18.1. The number of hydrogen-bond donors (Lipinski definition) is 0. The molecule has 10 aromatic rings. The molecule has 0 atom stereocenters. The highest BCUT2D eigenvalue weighted by molar-refractivity contribution is 6.69. The smallest absolute Gasteiger partial charge is 0.164 e. The van der Waals surface area contributed by atoms with Gasteiger partial charge in [0, 0.05) is 38.2 Å². The van der Waals surface area contributed by atoms with E-state index >= 15 is 0 Å². The molecule has 248 valence electrons. The third kappa shape index (κ3) is 5.53. The van der Waals surface area contributed by atoms with Crippen molar-refractivity contribution in [3.05, 3.63) is 121 Å². The van der Waals surface area contributed by atoms with E-state index in [-0.39, 0.29) is 49.4 Å². The maximum Gasteiger partial charge on any atom is 0.164 e. The molecular weight excluding hydrogens is 690 g/mol. The Kier molecular flexibility index (Phi) is 8.22. The predicted octanol–water partition coefficient (Wildman–Crippen LogP) is 3.56. The second-order valence-corrected chi connectivity index (χ2v) is 13.9. The van der Waals surface area contributed by atoms with Crippen molar-refractivity contribution >= 4 is 137 Å². The standard InChI is InChI=1S/C45H20B7N3O2/c46-34-30(37(49)41-32(35(34)47)33-36(48)38(50)39(51)40(52)42(33)57-41)23-15-19-25(20-16-23)44-53-43(24-17-13-22(14-18-24)21-7-2-1-3-8-21)54-45(55-44)27-10-6-12-29-31(27)26-9-4-5-11-28(26)56-29/h1-20H. The average Bonchev–Trinajstić information content (AvgIpc) is 3.85. The molecular formula is C45H20B7N3O2. The molecule has 14 radical (unpaired) electrons. The number of furan rings is 2. The summed E-state index contributed by atoms with van der Waals surface area (Å²) in [5, 5.41) is 2.71. The van der Waals surface area contributed by atoms with Gasteiger partial charge >= 0.3 is 0 Å². The van der Waals surface area contributed by atoms with Crippen LogP contribution in [0.1, 0.15) is 0 Å². The van der Waals surface area contributed by atoms with Crippen molar-refractivity contribution in [1.82, 2.24) is 15.0 Å². The lowest BCUT2D eigenvalue weighted by atomic mass is 9.64. The van der Waals surface area contributed by atoms with Crippen LogP contribution in [0.15, 0.2) is 130 Å². The Morgan fingerprint density at radius 3 is 1.53 bits per heavy atom. The number of rotatable bonds is 5. The van der Waals surface area contributed by atoms with Gasteiger partial charge in [0.05, 0.1) is 0 Å². The first-order valence-electron chi connectivity index (χ1n) is 18.1. The lowest BCUT2D eigenvalue weighted by Crippen LogP contribution is -2.47. The number of hydrogen-bond acceptors (Lipinski definition) is 5. The molecule has 0 aliphatic rings. The van der Waals surface area contributed by atoms with Crippen LogP contribution in [0, 0.1) is 0 Å². The van der Waals surface area contributed by atoms with E-state index in [0.29, 0.717) is 39.4 Å². The Morgan fingerprint density at radius 1 is 0.333 bits per heavy atom. The Balaban J connectivity index is 1.12. The predicted molar refractivity (Wildman–Crippen MR) is 239 cm³/mol. The Morgan fingerprint density at radius 2 is 0.842 bits per heavy atom. The summed E-state index contributed by atoms with van der Waals surface area (Å²) < 4.78 is 12.4. The van der Waals surface area contributed by atoms with Crippen molar-refractivity contribution in [2.45, 2.75) is 0 Å². The molecule has 0 saturated carbocycles. The molecule has 57 heavy (non-hydrogen) atoms. The van der Waals surface area contributed by atoms with Crippen molar-refractivity contribution in [3.63, 3.8) is 0 Å². The average molecular weight is 710 g/mol. The quantitative estimate of drug-likeness (QED) is 0.256. The van der Waals surface area contributed by atoms with Crippen molar-refractivity contribution in [1.29, 1.82) is 0 Å². The van der Waals surface area contributed by atoms with E-state index in [9.17, 15) is 0 Å². The van der Waals surface area contributed by atoms with Crippen molar-refractivity contribution in [3.8, 4) is 56.4 Å². The van der Waals surface area contributed by atoms with E-state index in [0.717, 1.165) is 49.8 Å². The second kappa shape index (κ2) is 13.4. The molecule has 0 N–H and O–H groups in total. The summed E-state index contributed by atoms with van der Waals surface area (Å²) in [6.07, 6.45) is 0. The molecule has 0 amide bonds. The van der Waals surface area contributed by atoms with Crippen LogP contribution in [-0.4, -0.2) is 69.9 Å². The molecule has 0 spiro atoms. The van der Waals surface area contributed by atoms with Gasteiger partial charge in [0.1, 0.15) is 77.3 Å². The molecule has 0 aliphatic carbocycles. The molecule has 5 nitrogen and oxygen atoms in total. The zero-order chi connectivity index (χ0) is 39.1. The zero-order valence-corrected chi connectivity index (χ0v) is 30.2. The van der Waals surface area contributed by atoms with Crippen LogP contribution in [0.3, 0.4) is 0 Å². The van der Waals surface area contributed by atoms with Gasteiger partial charge in [-0.2, -0.15) is 0 Å². The van der Waals surface area contributed by atoms with Crippen molar-refractivity contribution < 1.29 is 8.83 Å². The Labute approximate surface area is 337 Å². The minimum Gasteiger partial charge on any atom is -0.457 e. The van der Waals surface area contributed by atoms with E-state index in [1.807, 2.05) is 97.1 Å². The summed E-state index contributed by atoms with van der Waals surface area (Å²) in [4.78, 5) is 15.1. The molecule has 12 heteroatoms. The van der Waals surface area contributed by atoms with E-state index < -0.39 is 0 Å². The summed E-state index contributed by atoms with van der Waals surface area (Å²) in [5.74, 6) is 1.48. The summed E-state index contributed by atoms with van der Waals surface area (Å²) in [7, 11) is 45.1. The van der Waals surface area contributed by atoms with Crippen LogP contribution in [-0.2, 0) is 0 Å². The van der Waals surface area contributed by atoms with E-state index in [2.05, 4.69) is 24.3 Å². The molecule has 0 fully saturated rings. The molecule has 0 unspecified atom stereocenters. The highest BCUT2D eigenvalue weighted by atomic mass is 16.3. The third-order valence-corrected chi connectivity index (χ3v) is 10.6. The minimum absolute atomic E-state index is 0.114. The number of benzene rings is 7. The maximum atomic E-state index is 6.79. The topological polar surface area (TPSA) is 65.0 Å². The maximum absolute atomic E-state index is 6.79. The largest absolute Gasteiger partial charge is 0.457 e. The normalized spacial score (nSPS) is 11.6. The molecule has 0 aliphatic heterocycles. The SMILES string of the molecule is [B]c1c([B])c([B])c2c(oc3c([B])c(-c4ccc(-c5nc(-c6ccc(-c7ccccc7)cc6)nc(-c6cccc7oc8ccccc8c67)n5)cc4)c([B])c([B])c32)c1[B]. The third-order valence-electron chi connectivity index (χ3n) is 10.6. The first-order chi connectivity index (χ1) is 27.7. The number of nitrogens with zero attached hydrogens (tertiary/aromatic N) is 3. The van der Waals surface area contributed by atoms with Crippen LogP contribution in [0.4, 0.5) is 0 Å². The van der Waals surface area contributed by atoms with Gasteiger partial charge in [-0.15, -0.1) is 10.9 Å². The number of para-hydroxylation sites is 1. The molecule has 0 bridgehead atoms. The Hall–Kier alpha value is -6.40. The van der Waals surface area contributed by atoms with Crippen LogP contribution in [0.25, 0.3) is 100 Å². The number of fused-ring (bicyclic) bond motifs is 6. The highest BCUT2D eigenvalue weighted by Gasteiger charge is 2.22. The van der Waals surface area contributed by atoms with Crippen molar-refractivity contribution in [2.75, 3.05) is 0 Å². The van der Waals surface area contributed by atoms with Gasteiger partial charge in [-0.25, -0.2) is 15.0 Å². The monoisotopic (exact) mass is 711 g/mol. The summed E-state index contributed by atoms with van der Waals surface area (Å²) >= 11 is 0. The fourth-order valence-corrected chi connectivity index (χ4v) is 7.65. The van der Waals surface area contributed by atoms with E-state index in [1.165, 1.54) is 0 Å². The van der Waals surface area contributed by atoms with Gasteiger partial charge in [0.15, 0.2) is 17.5 Å². The minimum atomic E-state index is 0.114. The molecule has 7 aromatic carbocycles. The second-order valence-electron chi connectivity index (χ2n) is 13.9. The van der Waals surface area contributed by atoms with Gasteiger partial charge in [-0.05, 0) is 39.8 Å². The van der Waals surface area contributed by atoms with Gasteiger partial charge in [-0.3, -0.25) is 0 Å². The molecule has 10 rings (SSSR count). The van der Waals surface area contributed by atoms with E-state index in [4.69, 9.17) is 78.7 Å². The highest BCUT2D eigenvalue weighted by Crippen LogP contribution is 2.37. The van der Waals surface area contributed by atoms with Gasteiger partial charge < -0.3 is 8.83 Å². The fraction of sp³-hybridized carbons (Fsp3) is 0. The molecule has 0 saturated heterocycles. The van der Waals surface area contributed by atoms with Gasteiger partial charge in [0.25, 0.3) is 0 Å². The molecule has 3 heterocycles. The van der Waals surface area contributed by atoms with Crippen LogP contribution in [0.2, 0.25) is 0 Å².